The molecule has 0 aliphatic heterocycles. The van der Waals surface area contributed by atoms with Crippen molar-refractivity contribution in [3.8, 4) is 11.3 Å². The predicted octanol–water partition coefficient (Wildman–Crippen LogP) is 3.67. The molecule has 0 atom stereocenters. The van der Waals surface area contributed by atoms with E-state index in [1.807, 2.05) is 12.1 Å². The zero-order valence-corrected chi connectivity index (χ0v) is 10.6. The van der Waals surface area contributed by atoms with Crippen molar-refractivity contribution in [2.24, 2.45) is 0 Å². The Morgan fingerprint density at radius 1 is 1.12 bits per heavy atom. The van der Waals surface area contributed by atoms with E-state index in [9.17, 15) is 0 Å². The Hall–Kier alpha value is -1.61. The minimum atomic E-state index is 0.975. The summed E-state index contributed by atoms with van der Waals surface area (Å²) >= 11 is 3.55. The smallest absolute Gasteiger partial charge is 0.152 e. The first-order valence-electron chi connectivity index (χ1n) is 5.58. The summed E-state index contributed by atoms with van der Waals surface area (Å²) in [6.45, 7) is 0. The Bertz CT molecular complexity index is 743. The van der Waals surface area contributed by atoms with E-state index < -0.39 is 0 Å². The van der Waals surface area contributed by atoms with E-state index in [-0.39, 0.29) is 0 Å². The van der Waals surface area contributed by atoms with Gasteiger partial charge in [0, 0.05) is 18.2 Å². The molecule has 3 heteroatoms. The summed E-state index contributed by atoms with van der Waals surface area (Å²) in [6, 6.07) is 12.6. The standard InChI is InChI=1S/C14H9BrN2/c15-11-6-3-7-17-12-8-9-4-1-2-5-10(9)13(12)16-14(11)17/h1-7H,8H2. The summed E-state index contributed by atoms with van der Waals surface area (Å²) in [6.07, 6.45) is 3.06. The molecule has 0 unspecified atom stereocenters. The molecule has 0 amide bonds. The molecule has 82 valence electrons. The van der Waals surface area contributed by atoms with Gasteiger partial charge in [0.2, 0.25) is 0 Å². The van der Waals surface area contributed by atoms with E-state index >= 15 is 0 Å². The van der Waals surface area contributed by atoms with Gasteiger partial charge in [-0.1, -0.05) is 24.3 Å². The first kappa shape index (κ1) is 9.42. The summed E-state index contributed by atoms with van der Waals surface area (Å²) < 4.78 is 3.23. The highest BCUT2D eigenvalue weighted by molar-refractivity contribution is 9.10. The fourth-order valence-corrected chi connectivity index (χ4v) is 2.99. The summed E-state index contributed by atoms with van der Waals surface area (Å²) in [5.74, 6) is 0. The molecule has 1 aliphatic rings. The molecular weight excluding hydrogens is 276 g/mol. The number of halogens is 1. The van der Waals surface area contributed by atoms with Crippen molar-refractivity contribution in [3.05, 3.63) is 58.3 Å². The largest absolute Gasteiger partial charge is 0.302 e. The van der Waals surface area contributed by atoms with Gasteiger partial charge in [-0.3, -0.25) is 0 Å². The molecule has 0 bridgehead atoms. The normalized spacial score (nSPS) is 12.8. The summed E-state index contributed by atoms with van der Waals surface area (Å²) in [5.41, 5.74) is 6.08. The van der Waals surface area contributed by atoms with Gasteiger partial charge in [-0.15, -0.1) is 0 Å². The third kappa shape index (κ3) is 1.17. The molecule has 3 aromatic rings. The number of nitrogens with zero attached hydrogens (tertiary/aromatic N) is 2. The second-order valence-corrected chi connectivity index (χ2v) is 5.15. The zero-order chi connectivity index (χ0) is 11.4. The monoisotopic (exact) mass is 284 g/mol. The van der Waals surface area contributed by atoms with Crippen molar-refractivity contribution in [1.82, 2.24) is 9.38 Å². The predicted molar refractivity (Wildman–Crippen MR) is 71.1 cm³/mol. The average Bonchev–Trinajstić information content (AvgIpc) is 2.87. The Labute approximate surface area is 107 Å². The Balaban J connectivity index is 2.12. The lowest BCUT2D eigenvalue weighted by molar-refractivity contribution is 1.05. The molecule has 1 aromatic carbocycles. The summed E-state index contributed by atoms with van der Waals surface area (Å²) in [7, 11) is 0. The van der Waals surface area contributed by atoms with Gasteiger partial charge in [-0.25, -0.2) is 4.98 Å². The second-order valence-electron chi connectivity index (χ2n) is 4.29. The average molecular weight is 285 g/mol. The molecule has 2 aromatic heterocycles. The van der Waals surface area contributed by atoms with Gasteiger partial charge in [0.15, 0.2) is 5.65 Å². The first-order valence-corrected chi connectivity index (χ1v) is 6.37. The number of hydrogen-bond acceptors (Lipinski definition) is 1. The van der Waals surface area contributed by atoms with Gasteiger partial charge in [-0.05, 0) is 33.6 Å². The van der Waals surface area contributed by atoms with E-state index in [2.05, 4.69) is 50.8 Å². The van der Waals surface area contributed by atoms with Crippen LogP contribution in [0.4, 0.5) is 0 Å². The van der Waals surface area contributed by atoms with Crippen LogP contribution in [0.5, 0.6) is 0 Å². The van der Waals surface area contributed by atoms with Gasteiger partial charge in [0.1, 0.15) is 0 Å². The van der Waals surface area contributed by atoms with E-state index in [1.54, 1.807) is 0 Å². The van der Waals surface area contributed by atoms with Gasteiger partial charge >= 0.3 is 0 Å². The molecule has 17 heavy (non-hydrogen) atoms. The molecule has 0 saturated carbocycles. The molecular formula is C14H9BrN2. The van der Waals surface area contributed by atoms with Crippen LogP contribution in [0.15, 0.2) is 47.1 Å². The quantitative estimate of drug-likeness (QED) is 0.482. The Morgan fingerprint density at radius 2 is 2.00 bits per heavy atom. The number of fused-ring (bicyclic) bond motifs is 5. The minimum Gasteiger partial charge on any atom is -0.302 e. The van der Waals surface area contributed by atoms with E-state index in [4.69, 9.17) is 4.98 Å². The van der Waals surface area contributed by atoms with Crippen molar-refractivity contribution in [3.63, 3.8) is 0 Å². The van der Waals surface area contributed by atoms with Crippen LogP contribution >= 0.6 is 15.9 Å². The van der Waals surface area contributed by atoms with Crippen molar-refractivity contribution in [1.29, 1.82) is 0 Å². The Morgan fingerprint density at radius 3 is 2.94 bits per heavy atom. The van der Waals surface area contributed by atoms with Crippen molar-refractivity contribution in [2.75, 3.05) is 0 Å². The van der Waals surface area contributed by atoms with Crippen LogP contribution in [0.1, 0.15) is 11.3 Å². The topological polar surface area (TPSA) is 17.3 Å². The lowest BCUT2D eigenvalue weighted by Gasteiger charge is -2.00. The highest BCUT2D eigenvalue weighted by Crippen LogP contribution is 2.37. The van der Waals surface area contributed by atoms with Gasteiger partial charge < -0.3 is 4.40 Å². The lowest BCUT2D eigenvalue weighted by Crippen LogP contribution is -1.91. The Kier molecular flexibility index (Phi) is 1.77. The number of hydrogen-bond donors (Lipinski definition) is 0. The number of aromatic nitrogens is 2. The van der Waals surface area contributed by atoms with Crippen molar-refractivity contribution >= 4 is 21.6 Å². The maximum atomic E-state index is 4.75. The van der Waals surface area contributed by atoms with Crippen LogP contribution in [-0.4, -0.2) is 9.38 Å². The number of pyridine rings is 1. The molecule has 0 spiro atoms. The highest BCUT2D eigenvalue weighted by atomic mass is 79.9. The van der Waals surface area contributed by atoms with E-state index in [1.165, 1.54) is 16.8 Å². The van der Waals surface area contributed by atoms with Crippen LogP contribution in [0.2, 0.25) is 0 Å². The van der Waals surface area contributed by atoms with E-state index in [0.717, 1.165) is 22.2 Å². The molecule has 0 fully saturated rings. The highest BCUT2D eigenvalue weighted by Gasteiger charge is 2.23. The fourth-order valence-electron chi connectivity index (χ4n) is 2.55. The van der Waals surface area contributed by atoms with Crippen LogP contribution in [0, 0.1) is 0 Å². The SMILES string of the molecule is Brc1cccn2c3c(nc12)-c1ccccc1C3. The van der Waals surface area contributed by atoms with Crippen LogP contribution in [0.25, 0.3) is 16.9 Å². The zero-order valence-electron chi connectivity index (χ0n) is 9.02. The third-order valence-corrected chi connectivity index (χ3v) is 3.95. The molecule has 2 nitrogen and oxygen atoms in total. The van der Waals surface area contributed by atoms with E-state index in [0.29, 0.717) is 0 Å². The maximum absolute atomic E-state index is 4.75. The molecule has 0 saturated heterocycles. The second kappa shape index (κ2) is 3.20. The van der Waals surface area contributed by atoms with Gasteiger partial charge in [-0.2, -0.15) is 0 Å². The lowest BCUT2D eigenvalue weighted by atomic mass is 10.1. The molecule has 0 N–H and O–H groups in total. The summed E-state index contributed by atoms with van der Waals surface area (Å²) in [4.78, 5) is 4.75. The number of benzene rings is 1. The summed E-state index contributed by atoms with van der Waals surface area (Å²) in [5, 5.41) is 0. The molecule has 4 rings (SSSR count). The van der Waals surface area contributed by atoms with Crippen LogP contribution in [-0.2, 0) is 6.42 Å². The number of rotatable bonds is 0. The van der Waals surface area contributed by atoms with Crippen LogP contribution < -0.4 is 0 Å². The minimum absolute atomic E-state index is 0.975. The van der Waals surface area contributed by atoms with Crippen LogP contribution in [0.3, 0.4) is 0 Å². The van der Waals surface area contributed by atoms with Gasteiger partial charge in [0.25, 0.3) is 0 Å². The third-order valence-electron chi connectivity index (χ3n) is 3.33. The van der Waals surface area contributed by atoms with Crippen molar-refractivity contribution < 1.29 is 0 Å². The molecule has 0 radical (unpaired) electrons. The molecule has 2 heterocycles. The van der Waals surface area contributed by atoms with Gasteiger partial charge in [0.05, 0.1) is 15.9 Å². The fraction of sp³-hybridized carbons (Fsp3) is 0.0714. The molecule has 1 aliphatic carbocycles. The first-order chi connectivity index (χ1) is 8.34. The number of imidazole rings is 1. The van der Waals surface area contributed by atoms with Crippen molar-refractivity contribution in [2.45, 2.75) is 6.42 Å². The maximum Gasteiger partial charge on any atom is 0.152 e.